The zero-order chi connectivity index (χ0) is 14.1. The van der Waals surface area contributed by atoms with Crippen LogP contribution < -0.4 is 10.1 Å². The van der Waals surface area contributed by atoms with Crippen LogP contribution in [-0.4, -0.2) is 6.61 Å². The number of para-hydroxylation sites is 1. The predicted octanol–water partition coefficient (Wildman–Crippen LogP) is 4.49. The Morgan fingerprint density at radius 3 is 2.75 bits per heavy atom. The molecule has 0 radical (unpaired) electrons. The maximum absolute atomic E-state index is 5.82. The molecule has 0 saturated heterocycles. The maximum atomic E-state index is 5.82. The van der Waals surface area contributed by atoms with Crippen LogP contribution in [0.25, 0.3) is 0 Å². The van der Waals surface area contributed by atoms with Crippen molar-refractivity contribution in [1.82, 2.24) is 0 Å². The van der Waals surface area contributed by atoms with E-state index < -0.39 is 0 Å². The van der Waals surface area contributed by atoms with Gasteiger partial charge in [0.05, 0.1) is 12.6 Å². The van der Waals surface area contributed by atoms with Gasteiger partial charge in [-0.2, -0.15) is 0 Å². The van der Waals surface area contributed by atoms with Crippen molar-refractivity contribution >= 4 is 5.69 Å². The lowest BCUT2D eigenvalue weighted by Crippen LogP contribution is -2.29. The lowest BCUT2D eigenvalue weighted by Gasteiger charge is -2.33. The molecule has 0 amide bonds. The smallest absolute Gasteiger partial charge is 0.124 e. The van der Waals surface area contributed by atoms with Crippen molar-refractivity contribution in [2.75, 3.05) is 11.9 Å². The fourth-order valence-corrected chi connectivity index (χ4v) is 2.77. The molecule has 2 unspecified atom stereocenters. The zero-order valence-electron chi connectivity index (χ0n) is 12.3. The third-order valence-electron chi connectivity index (χ3n) is 4.03. The van der Waals surface area contributed by atoms with Crippen LogP contribution in [0.2, 0.25) is 0 Å². The molecular weight excluding hydrogens is 246 g/mol. The standard InChI is InChI=1S/C18H21NO/c1-12-8-9-13(2)16(10-12)19-18-14(3)11-20-17-7-5-4-6-15(17)18/h4-10,14,18-19H,11H2,1-3H3. The molecule has 0 fully saturated rings. The second-order valence-corrected chi connectivity index (χ2v) is 5.77. The Morgan fingerprint density at radius 1 is 1.10 bits per heavy atom. The first-order valence-electron chi connectivity index (χ1n) is 7.20. The van der Waals surface area contributed by atoms with Crippen molar-refractivity contribution in [1.29, 1.82) is 0 Å². The van der Waals surface area contributed by atoms with Crippen LogP contribution in [0.15, 0.2) is 42.5 Å². The van der Waals surface area contributed by atoms with Gasteiger partial charge in [-0.05, 0) is 37.1 Å². The summed E-state index contributed by atoms with van der Waals surface area (Å²) < 4.78 is 5.82. The normalized spacial score (nSPS) is 20.9. The van der Waals surface area contributed by atoms with Gasteiger partial charge >= 0.3 is 0 Å². The van der Waals surface area contributed by atoms with Gasteiger partial charge in [-0.3, -0.25) is 0 Å². The number of benzene rings is 2. The minimum atomic E-state index is 0.306. The van der Waals surface area contributed by atoms with Gasteiger partial charge in [0.25, 0.3) is 0 Å². The molecule has 2 aromatic rings. The van der Waals surface area contributed by atoms with Crippen molar-refractivity contribution in [2.45, 2.75) is 26.8 Å². The topological polar surface area (TPSA) is 21.3 Å². The summed E-state index contributed by atoms with van der Waals surface area (Å²) >= 11 is 0. The van der Waals surface area contributed by atoms with E-state index >= 15 is 0 Å². The fourth-order valence-electron chi connectivity index (χ4n) is 2.77. The number of hydrogen-bond donors (Lipinski definition) is 1. The molecule has 0 spiro atoms. The summed E-state index contributed by atoms with van der Waals surface area (Å²) in [4.78, 5) is 0. The SMILES string of the molecule is Cc1ccc(C)c(NC2c3ccccc3OCC2C)c1. The van der Waals surface area contributed by atoms with E-state index in [0.29, 0.717) is 12.0 Å². The molecule has 104 valence electrons. The molecule has 2 nitrogen and oxygen atoms in total. The summed E-state index contributed by atoms with van der Waals surface area (Å²) in [5.74, 6) is 1.46. The quantitative estimate of drug-likeness (QED) is 0.866. The van der Waals surface area contributed by atoms with Gasteiger partial charge in [0.15, 0.2) is 0 Å². The van der Waals surface area contributed by atoms with Gasteiger partial charge in [0.1, 0.15) is 5.75 Å². The van der Waals surface area contributed by atoms with E-state index in [9.17, 15) is 0 Å². The van der Waals surface area contributed by atoms with Crippen LogP contribution in [-0.2, 0) is 0 Å². The average Bonchev–Trinajstić information content (AvgIpc) is 2.46. The highest BCUT2D eigenvalue weighted by Gasteiger charge is 2.27. The molecule has 2 aromatic carbocycles. The summed E-state index contributed by atoms with van der Waals surface area (Å²) in [5, 5.41) is 3.72. The Bertz CT molecular complexity index is 621. The van der Waals surface area contributed by atoms with Gasteiger partial charge in [0.2, 0.25) is 0 Å². The highest BCUT2D eigenvalue weighted by atomic mass is 16.5. The van der Waals surface area contributed by atoms with Crippen molar-refractivity contribution in [3.8, 4) is 5.75 Å². The van der Waals surface area contributed by atoms with Gasteiger partial charge in [-0.25, -0.2) is 0 Å². The fraction of sp³-hybridized carbons (Fsp3) is 0.333. The van der Waals surface area contributed by atoms with Crippen LogP contribution in [0.5, 0.6) is 5.75 Å². The first-order chi connectivity index (χ1) is 9.65. The lowest BCUT2D eigenvalue weighted by molar-refractivity contribution is 0.214. The van der Waals surface area contributed by atoms with Crippen molar-refractivity contribution in [3.63, 3.8) is 0 Å². The highest BCUT2D eigenvalue weighted by molar-refractivity contribution is 5.55. The third kappa shape index (κ3) is 2.38. The molecule has 20 heavy (non-hydrogen) atoms. The monoisotopic (exact) mass is 267 g/mol. The van der Waals surface area contributed by atoms with Gasteiger partial charge < -0.3 is 10.1 Å². The minimum Gasteiger partial charge on any atom is -0.493 e. The number of anilines is 1. The Kier molecular flexibility index (Phi) is 3.39. The summed E-state index contributed by atoms with van der Waals surface area (Å²) in [6.07, 6.45) is 0. The van der Waals surface area contributed by atoms with Crippen LogP contribution in [0, 0.1) is 19.8 Å². The molecule has 0 saturated carbocycles. The van der Waals surface area contributed by atoms with Crippen LogP contribution >= 0.6 is 0 Å². The molecule has 2 heteroatoms. The van der Waals surface area contributed by atoms with E-state index in [-0.39, 0.29) is 0 Å². The summed E-state index contributed by atoms with van der Waals surface area (Å²) in [6, 6.07) is 15.2. The first kappa shape index (κ1) is 13.0. The van der Waals surface area contributed by atoms with E-state index in [1.807, 2.05) is 6.07 Å². The van der Waals surface area contributed by atoms with E-state index in [1.54, 1.807) is 0 Å². The molecule has 1 aliphatic rings. The third-order valence-corrected chi connectivity index (χ3v) is 4.03. The largest absolute Gasteiger partial charge is 0.493 e. The van der Waals surface area contributed by atoms with Crippen LogP contribution in [0.3, 0.4) is 0 Å². The Labute approximate surface area is 120 Å². The molecule has 0 bridgehead atoms. The summed E-state index contributed by atoms with van der Waals surface area (Å²) in [6.45, 7) is 7.28. The van der Waals surface area contributed by atoms with E-state index in [1.165, 1.54) is 22.4 Å². The lowest BCUT2D eigenvalue weighted by atomic mass is 9.91. The Hall–Kier alpha value is -1.96. The van der Waals surface area contributed by atoms with Gasteiger partial charge in [0, 0.05) is 17.2 Å². The van der Waals surface area contributed by atoms with Crippen molar-refractivity contribution in [3.05, 3.63) is 59.2 Å². The minimum absolute atomic E-state index is 0.306. The zero-order valence-corrected chi connectivity index (χ0v) is 12.3. The molecule has 0 aromatic heterocycles. The maximum Gasteiger partial charge on any atom is 0.124 e. The molecular formula is C18H21NO. The molecule has 1 N–H and O–H groups in total. The molecule has 1 heterocycles. The molecule has 2 atom stereocenters. The summed E-state index contributed by atoms with van der Waals surface area (Å²) in [7, 11) is 0. The highest BCUT2D eigenvalue weighted by Crippen LogP contribution is 2.37. The average molecular weight is 267 g/mol. The van der Waals surface area contributed by atoms with Crippen molar-refractivity contribution < 1.29 is 4.74 Å². The Balaban J connectivity index is 1.95. The van der Waals surface area contributed by atoms with Crippen molar-refractivity contribution in [2.24, 2.45) is 5.92 Å². The number of nitrogens with one attached hydrogen (secondary N) is 1. The Morgan fingerprint density at radius 2 is 1.90 bits per heavy atom. The number of aryl methyl sites for hydroxylation is 2. The second-order valence-electron chi connectivity index (χ2n) is 5.77. The molecule has 3 rings (SSSR count). The number of hydrogen-bond acceptors (Lipinski definition) is 2. The number of fused-ring (bicyclic) bond motifs is 1. The van der Waals surface area contributed by atoms with Gasteiger partial charge in [-0.1, -0.05) is 37.3 Å². The first-order valence-corrected chi connectivity index (χ1v) is 7.20. The van der Waals surface area contributed by atoms with E-state index in [0.717, 1.165) is 12.4 Å². The second kappa shape index (κ2) is 5.20. The van der Waals surface area contributed by atoms with Crippen LogP contribution in [0.1, 0.15) is 29.7 Å². The number of rotatable bonds is 2. The van der Waals surface area contributed by atoms with Gasteiger partial charge in [-0.15, -0.1) is 0 Å². The predicted molar refractivity (Wildman–Crippen MR) is 83.4 cm³/mol. The molecule has 1 aliphatic heterocycles. The van der Waals surface area contributed by atoms with E-state index in [4.69, 9.17) is 4.74 Å². The molecule has 0 aliphatic carbocycles. The number of ether oxygens (including phenoxy) is 1. The van der Waals surface area contributed by atoms with E-state index in [2.05, 4.69) is 62.5 Å². The summed E-state index contributed by atoms with van der Waals surface area (Å²) in [5.41, 5.74) is 5.04. The van der Waals surface area contributed by atoms with Crippen LogP contribution in [0.4, 0.5) is 5.69 Å².